The van der Waals surface area contributed by atoms with Crippen LogP contribution in [0, 0.1) is 6.92 Å². The summed E-state index contributed by atoms with van der Waals surface area (Å²) in [6.45, 7) is 1.90. The minimum absolute atomic E-state index is 0.302. The van der Waals surface area contributed by atoms with Crippen LogP contribution < -0.4 is 15.8 Å². The summed E-state index contributed by atoms with van der Waals surface area (Å²) in [5.74, 6) is 0.975. The van der Waals surface area contributed by atoms with E-state index in [-0.39, 0.29) is 5.91 Å². The highest BCUT2D eigenvalue weighted by Gasteiger charge is 2.22. The lowest BCUT2D eigenvalue weighted by molar-refractivity contribution is 0.103. The molecular formula is C27H22N4O2S. The maximum absolute atomic E-state index is 13.2. The van der Waals surface area contributed by atoms with Crippen LogP contribution in [0.4, 0.5) is 11.5 Å². The molecular weight excluding hydrogens is 444 g/mol. The van der Waals surface area contributed by atoms with E-state index in [2.05, 4.69) is 10.3 Å². The van der Waals surface area contributed by atoms with Gasteiger partial charge in [0.2, 0.25) is 0 Å². The monoisotopic (exact) mass is 466 g/mol. The number of nitrogens with zero attached hydrogens (tertiary/aromatic N) is 2. The first-order valence-electron chi connectivity index (χ1n) is 10.7. The van der Waals surface area contributed by atoms with E-state index < -0.39 is 0 Å². The number of benzene rings is 2. The van der Waals surface area contributed by atoms with E-state index >= 15 is 0 Å². The fourth-order valence-electron chi connectivity index (χ4n) is 3.83. The third-order valence-electron chi connectivity index (χ3n) is 5.62. The van der Waals surface area contributed by atoms with Gasteiger partial charge in [0, 0.05) is 17.1 Å². The van der Waals surface area contributed by atoms with Gasteiger partial charge in [0.1, 0.15) is 21.3 Å². The van der Waals surface area contributed by atoms with Crippen molar-refractivity contribution in [3.63, 3.8) is 0 Å². The lowest BCUT2D eigenvalue weighted by Crippen LogP contribution is -2.13. The number of anilines is 2. The summed E-state index contributed by atoms with van der Waals surface area (Å²) >= 11 is 1.28. The van der Waals surface area contributed by atoms with Crippen LogP contribution in [0.5, 0.6) is 5.75 Å². The van der Waals surface area contributed by atoms with Crippen molar-refractivity contribution in [2.24, 2.45) is 0 Å². The van der Waals surface area contributed by atoms with E-state index in [1.807, 2.05) is 79.7 Å². The average molecular weight is 467 g/mol. The largest absolute Gasteiger partial charge is 0.497 e. The van der Waals surface area contributed by atoms with Crippen LogP contribution in [0.3, 0.4) is 0 Å². The molecule has 0 spiro atoms. The van der Waals surface area contributed by atoms with Crippen molar-refractivity contribution < 1.29 is 9.53 Å². The maximum Gasteiger partial charge on any atom is 0.269 e. The van der Waals surface area contributed by atoms with E-state index in [0.717, 1.165) is 39.1 Å². The Morgan fingerprint density at radius 3 is 2.47 bits per heavy atom. The van der Waals surface area contributed by atoms with E-state index in [4.69, 9.17) is 15.5 Å². The maximum atomic E-state index is 13.2. The number of nitrogen functional groups attached to an aromatic ring is 1. The predicted octanol–water partition coefficient (Wildman–Crippen LogP) is 6.18. The van der Waals surface area contributed by atoms with Gasteiger partial charge in [-0.15, -0.1) is 11.3 Å². The SMILES string of the molecule is COc1ccc(-c2cc(-c3ccccc3)nc3sc(C(=O)Nc4ncccc4C)c(N)c23)cc1. The number of thiophene rings is 1. The number of hydrogen-bond acceptors (Lipinski definition) is 6. The van der Waals surface area contributed by atoms with Gasteiger partial charge in [-0.25, -0.2) is 9.97 Å². The molecule has 0 aliphatic carbocycles. The molecule has 0 fully saturated rings. The van der Waals surface area contributed by atoms with Gasteiger partial charge in [0.05, 0.1) is 18.5 Å². The Kier molecular flexibility index (Phi) is 5.69. The Morgan fingerprint density at radius 1 is 1.00 bits per heavy atom. The number of amides is 1. The second-order valence-corrected chi connectivity index (χ2v) is 8.80. The van der Waals surface area contributed by atoms with Gasteiger partial charge in [0.15, 0.2) is 0 Å². The number of ether oxygens (including phenoxy) is 1. The average Bonchev–Trinajstić information content (AvgIpc) is 3.22. The standard InChI is InChI=1S/C27H22N4O2S/c1-16-7-6-14-29-25(16)31-26(32)24-23(28)22-20(17-10-12-19(33-2)13-11-17)15-21(30-27(22)34-24)18-8-4-3-5-9-18/h3-15H,28H2,1-2H3,(H,29,31,32). The molecule has 5 aromatic rings. The molecule has 0 aliphatic heterocycles. The first-order chi connectivity index (χ1) is 16.5. The summed E-state index contributed by atoms with van der Waals surface area (Å²) < 4.78 is 5.32. The minimum atomic E-state index is -0.302. The number of carbonyl (C=O) groups excluding carboxylic acids is 1. The molecule has 3 heterocycles. The number of aromatic nitrogens is 2. The van der Waals surface area contributed by atoms with Gasteiger partial charge >= 0.3 is 0 Å². The fourth-order valence-corrected chi connectivity index (χ4v) is 4.84. The molecule has 2 aromatic carbocycles. The summed E-state index contributed by atoms with van der Waals surface area (Å²) in [5.41, 5.74) is 11.5. The summed E-state index contributed by atoms with van der Waals surface area (Å²) in [5, 5.41) is 3.65. The molecule has 34 heavy (non-hydrogen) atoms. The zero-order valence-electron chi connectivity index (χ0n) is 18.7. The zero-order valence-corrected chi connectivity index (χ0v) is 19.5. The Bertz CT molecular complexity index is 1500. The Morgan fingerprint density at radius 2 is 1.76 bits per heavy atom. The predicted molar refractivity (Wildman–Crippen MR) is 138 cm³/mol. The highest BCUT2D eigenvalue weighted by molar-refractivity contribution is 7.21. The van der Waals surface area contributed by atoms with Crippen molar-refractivity contribution >= 4 is 39.0 Å². The lowest BCUT2D eigenvalue weighted by Gasteiger charge is -2.10. The number of nitrogens with two attached hydrogens (primary N) is 1. The van der Waals surface area contributed by atoms with Gasteiger partial charge in [-0.3, -0.25) is 4.79 Å². The number of carbonyl (C=O) groups is 1. The molecule has 6 nitrogen and oxygen atoms in total. The smallest absolute Gasteiger partial charge is 0.269 e. The first kappa shape index (κ1) is 21.6. The van der Waals surface area contributed by atoms with Crippen molar-refractivity contribution in [2.45, 2.75) is 6.92 Å². The Hall–Kier alpha value is -4.23. The van der Waals surface area contributed by atoms with E-state index in [0.29, 0.717) is 21.2 Å². The molecule has 0 radical (unpaired) electrons. The van der Waals surface area contributed by atoms with Crippen molar-refractivity contribution in [1.29, 1.82) is 0 Å². The van der Waals surface area contributed by atoms with Crippen LogP contribution in [0.15, 0.2) is 79.0 Å². The second kappa shape index (κ2) is 8.96. The molecule has 168 valence electrons. The number of methoxy groups -OCH3 is 1. The molecule has 5 rings (SSSR count). The zero-order chi connectivity index (χ0) is 23.7. The van der Waals surface area contributed by atoms with Gasteiger partial charge in [-0.1, -0.05) is 48.5 Å². The first-order valence-corrected chi connectivity index (χ1v) is 11.5. The highest BCUT2D eigenvalue weighted by Crippen LogP contribution is 2.41. The van der Waals surface area contributed by atoms with Gasteiger partial charge in [-0.2, -0.15) is 0 Å². The van der Waals surface area contributed by atoms with Crippen LogP contribution in [-0.2, 0) is 0 Å². The van der Waals surface area contributed by atoms with Crippen LogP contribution in [-0.4, -0.2) is 23.0 Å². The molecule has 0 saturated carbocycles. The van der Waals surface area contributed by atoms with Gasteiger partial charge in [-0.05, 0) is 47.9 Å². The van der Waals surface area contributed by atoms with Gasteiger partial charge in [0.25, 0.3) is 5.91 Å². The van der Waals surface area contributed by atoms with Crippen molar-refractivity contribution in [3.05, 3.63) is 89.4 Å². The molecule has 3 N–H and O–H groups in total. The van der Waals surface area contributed by atoms with E-state index in [1.165, 1.54) is 11.3 Å². The van der Waals surface area contributed by atoms with Crippen molar-refractivity contribution in [1.82, 2.24) is 9.97 Å². The number of aryl methyl sites for hydroxylation is 1. The van der Waals surface area contributed by atoms with Crippen LogP contribution in [0.2, 0.25) is 0 Å². The number of rotatable bonds is 5. The lowest BCUT2D eigenvalue weighted by atomic mass is 9.99. The molecule has 0 unspecified atom stereocenters. The molecule has 3 aromatic heterocycles. The summed E-state index contributed by atoms with van der Waals surface area (Å²) in [6.07, 6.45) is 1.65. The quantitative estimate of drug-likeness (QED) is 0.323. The third kappa shape index (κ3) is 3.97. The van der Waals surface area contributed by atoms with Gasteiger partial charge < -0.3 is 15.8 Å². The molecule has 1 amide bonds. The van der Waals surface area contributed by atoms with Crippen LogP contribution in [0.1, 0.15) is 15.2 Å². The molecule has 0 saturated heterocycles. The molecule has 0 bridgehead atoms. The van der Waals surface area contributed by atoms with Crippen molar-refractivity contribution in [3.8, 4) is 28.1 Å². The number of fused-ring (bicyclic) bond motifs is 1. The second-order valence-electron chi connectivity index (χ2n) is 7.80. The number of nitrogens with one attached hydrogen (secondary N) is 1. The van der Waals surface area contributed by atoms with Crippen LogP contribution >= 0.6 is 11.3 Å². The highest BCUT2D eigenvalue weighted by atomic mass is 32.1. The molecule has 0 atom stereocenters. The Labute approximate surface area is 201 Å². The van der Waals surface area contributed by atoms with E-state index in [1.54, 1.807) is 13.3 Å². The number of pyridine rings is 2. The van der Waals surface area contributed by atoms with E-state index in [9.17, 15) is 4.79 Å². The Balaban J connectivity index is 1.67. The van der Waals surface area contributed by atoms with Crippen molar-refractivity contribution in [2.75, 3.05) is 18.2 Å². The normalized spacial score (nSPS) is 10.9. The molecule has 0 aliphatic rings. The summed E-state index contributed by atoms with van der Waals surface area (Å²) in [6, 6.07) is 23.5. The number of hydrogen-bond donors (Lipinski definition) is 2. The fraction of sp³-hybridized carbons (Fsp3) is 0.0741. The van der Waals surface area contributed by atoms with Crippen LogP contribution in [0.25, 0.3) is 32.6 Å². The summed E-state index contributed by atoms with van der Waals surface area (Å²) in [7, 11) is 1.64. The topological polar surface area (TPSA) is 90.1 Å². The summed E-state index contributed by atoms with van der Waals surface area (Å²) in [4.78, 5) is 23.4. The minimum Gasteiger partial charge on any atom is -0.497 e. The third-order valence-corrected chi connectivity index (χ3v) is 6.72. The molecule has 7 heteroatoms.